The van der Waals surface area contributed by atoms with Crippen molar-refractivity contribution in [3.8, 4) is 5.75 Å². The van der Waals surface area contributed by atoms with Crippen LogP contribution in [0, 0.1) is 0 Å². The summed E-state index contributed by atoms with van der Waals surface area (Å²) in [6, 6.07) is 19.0. The van der Waals surface area contributed by atoms with Crippen LogP contribution in [0.5, 0.6) is 5.75 Å². The number of nitrogens with zero attached hydrogens (tertiary/aromatic N) is 1. The summed E-state index contributed by atoms with van der Waals surface area (Å²) in [6.45, 7) is 0. The molecule has 3 aromatic rings. The lowest BCUT2D eigenvalue weighted by atomic mass is 10.2. The van der Waals surface area contributed by atoms with E-state index in [9.17, 15) is 9.59 Å². The predicted molar refractivity (Wildman–Crippen MR) is 101 cm³/mol. The Morgan fingerprint density at radius 2 is 1.85 bits per heavy atom. The molecule has 2 aromatic carbocycles. The number of rotatable bonds is 6. The lowest BCUT2D eigenvalue weighted by molar-refractivity contribution is -0.128. The van der Waals surface area contributed by atoms with Crippen molar-refractivity contribution in [3.05, 3.63) is 96.0 Å². The van der Waals surface area contributed by atoms with E-state index in [-0.39, 0.29) is 5.91 Å². The fraction of sp³-hybridized carbons (Fsp3) is 0. The van der Waals surface area contributed by atoms with E-state index in [2.05, 4.69) is 10.5 Å². The van der Waals surface area contributed by atoms with Crippen LogP contribution >= 0.6 is 0 Å². The van der Waals surface area contributed by atoms with Crippen LogP contribution in [0.1, 0.15) is 21.7 Å². The van der Waals surface area contributed by atoms with Gasteiger partial charge in [-0.25, -0.2) is 10.2 Å². The minimum absolute atomic E-state index is 0.308. The molecular formula is C21H16N2O4. The second-order valence-electron chi connectivity index (χ2n) is 5.41. The zero-order valence-electron chi connectivity index (χ0n) is 14.2. The highest BCUT2D eigenvalue weighted by Gasteiger charge is 2.03. The number of benzene rings is 2. The van der Waals surface area contributed by atoms with Gasteiger partial charge in [-0.05, 0) is 48.0 Å². The van der Waals surface area contributed by atoms with Crippen molar-refractivity contribution < 1.29 is 18.7 Å². The lowest BCUT2D eigenvalue weighted by Crippen LogP contribution is -2.17. The van der Waals surface area contributed by atoms with Crippen LogP contribution in [0.15, 0.2) is 88.6 Å². The summed E-state index contributed by atoms with van der Waals surface area (Å²) in [4.78, 5) is 23.7. The number of nitrogens with one attached hydrogen (secondary N) is 1. The molecular weight excluding hydrogens is 344 g/mol. The van der Waals surface area contributed by atoms with E-state index in [1.807, 2.05) is 6.07 Å². The normalized spacial score (nSPS) is 11.0. The van der Waals surface area contributed by atoms with Gasteiger partial charge in [-0.15, -0.1) is 0 Å². The van der Waals surface area contributed by atoms with E-state index in [0.29, 0.717) is 22.6 Å². The Morgan fingerprint density at radius 1 is 1.00 bits per heavy atom. The van der Waals surface area contributed by atoms with Gasteiger partial charge in [0.1, 0.15) is 11.5 Å². The molecule has 0 saturated heterocycles. The topological polar surface area (TPSA) is 80.9 Å². The first-order valence-corrected chi connectivity index (χ1v) is 8.12. The van der Waals surface area contributed by atoms with Crippen LogP contribution in [0.2, 0.25) is 0 Å². The molecule has 1 aromatic heterocycles. The van der Waals surface area contributed by atoms with E-state index in [1.165, 1.54) is 24.6 Å². The van der Waals surface area contributed by atoms with E-state index in [4.69, 9.17) is 9.15 Å². The van der Waals surface area contributed by atoms with Gasteiger partial charge in [-0.1, -0.05) is 30.3 Å². The van der Waals surface area contributed by atoms with Crippen molar-refractivity contribution in [2.24, 2.45) is 5.10 Å². The molecule has 0 spiro atoms. The van der Waals surface area contributed by atoms with Crippen molar-refractivity contribution in [1.82, 2.24) is 5.43 Å². The molecule has 1 N–H and O–H groups in total. The quantitative estimate of drug-likeness (QED) is 0.239. The van der Waals surface area contributed by atoms with Crippen LogP contribution in [-0.4, -0.2) is 18.1 Å². The molecule has 6 nitrogen and oxygen atoms in total. The first-order chi connectivity index (χ1) is 13.2. The second kappa shape index (κ2) is 8.96. The lowest BCUT2D eigenvalue weighted by Gasteiger charge is -2.02. The summed E-state index contributed by atoms with van der Waals surface area (Å²) in [5, 5.41) is 3.92. The molecule has 0 aliphatic heterocycles. The molecule has 0 fully saturated rings. The highest BCUT2D eigenvalue weighted by atomic mass is 16.5. The van der Waals surface area contributed by atoms with Crippen molar-refractivity contribution in [3.63, 3.8) is 0 Å². The monoisotopic (exact) mass is 360 g/mol. The average molecular weight is 360 g/mol. The smallest absolute Gasteiger partial charge is 0.336 e. The van der Waals surface area contributed by atoms with Crippen LogP contribution in [0.4, 0.5) is 0 Å². The Morgan fingerprint density at radius 3 is 2.63 bits per heavy atom. The molecule has 0 bridgehead atoms. The maximum atomic E-state index is 11.9. The highest BCUT2D eigenvalue weighted by molar-refractivity contribution is 5.94. The maximum Gasteiger partial charge on any atom is 0.336 e. The summed E-state index contributed by atoms with van der Waals surface area (Å²) in [6.07, 6.45) is 5.79. The van der Waals surface area contributed by atoms with Crippen LogP contribution in [0.25, 0.3) is 6.08 Å². The molecule has 0 saturated carbocycles. The number of hydrogen-bond donors (Lipinski definition) is 1. The Kier molecular flexibility index (Phi) is 5.93. The summed E-state index contributed by atoms with van der Waals surface area (Å²) < 4.78 is 10.3. The second-order valence-corrected chi connectivity index (χ2v) is 5.41. The van der Waals surface area contributed by atoms with Gasteiger partial charge in [0.2, 0.25) is 0 Å². The van der Waals surface area contributed by atoms with E-state index >= 15 is 0 Å². The summed E-state index contributed by atoms with van der Waals surface area (Å²) >= 11 is 0. The van der Waals surface area contributed by atoms with Crippen molar-refractivity contribution in [2.75, 3.05) is 0 Å². The average Bonchev–Trinajstić information content (AvgIpc) is 3.21. The summed E-state index contributed by atoms with van der Waals surface area (Å²) in [7, 11) is 0. The molecule has 0 unspecified atom stereocenters. The van der Waals surface area contributed by atoms with Gasteiger partial charge >= 0.3 is 5.97 Å². The SMILES string of the molecule is O=C(C=Cc1ccco1)Oc1cccc(C=NNC(=O)c2ccccc2)c1. The minimum atomic E-state index is -0.530. The molecule has 3 rings (SSSR count). The Labute approximate surface area is 155 Å². The van der Waals surface area contributed by atoms with E-state index in [0.717, 1.165) is 0 Å². The molecule has 0 atom stereocenters. The number of carbonyl (C=O) groups is 2. The largest absolute Gasteiger partial charge is 0.465 e. The maximum absolute atomic E-state index is 11.9. The van der Waals surface area contributed by atoms with Gasteiger partial charge in [0.15, 0.2) is 0 Å². The van der Waals surface area contributed by atoms with Crippen LogP contribution in [-0.2, 0) is 4.79 Å². The Hall–Kier alpha value is -3.93. The zero-order valence-corrected chi connectivity index (χ0v) is 14.2. The number of furan rings is 1. The fourth-order valence-corrected chi connectivity index (χ4v) is 2.16. The number of carbonyl (C=O) groups excluding carboxylic acids is 2. The van der Waals surface area contributed by atoms with Crippen molar-refractivity contribution in [1.29, 1.82) is 0 Å². The molecule has 27 heavy (non-hydrogen) atoms. The number of ether oxygens (including phenoxy) is 1. The molecule has 1 amide bonds. The number of amides is 1. The Balaban J connectivity index is 1.56. The highest BCUT2D eigenvalue weighted by Crippen LogP contribution is 2.13. The first-order valence-electron chi connectivity index (χ1n) is 8.12. The van der Waals surface area contributed by atoms with Crippen LogP contribution < -0.4 is 10.2 Å². The van der Waals surface area contributed by atoms with Crippen molar-refractivity contribution >= 4 is 24.2 Å². The van der Waals surface area contributed by atoms with Gasteiger partial charge in [0.05, 0.1) is 12.5 Å². The van der Waals surface area contributed by atoms with E-state index < -0.39 is 5.97 Å². The molecule has 134 valence electrons. The molecule has 0 aliphatic carbocycles. The number of hydrogen-bond acceptors (Lipinski definition) is 5. The molecule has 6 heteroatoms. The van der Waals surface area contributed by atoms with Gasteiger partial charge < -0.3 is 9.15 Å². The third-order valence-corrected chi connectivity index (χ3v) is 3.42. The third-order valence-electron chi connectivity index (χ3n) is 3.42. The Bertz CT molecular complexity index is 961. The fourth-order valence-electron chi connectivity index (χ4n) is 2.16. The zero-order chi connectivity index (χ0) is 18.9. The molecule has 1 heterocycles. The van der Waals surface area contributed by atoms with Gasteiger partial charge in [0.25, 0.3) is 5.91 Å². The minimum Gasteiger partial charge on any atom is -0.465 e. The standard InChI is InChI=1S/C21H16N2O4/c24-20(12-11-18-10-5-13-26-18)27-19-9-4-6-16(14-19)15-22-23-21(25)17-7-2-1-3-8-17/h1-15H,(H,23,25). The third kappa shape index (κ3) is 5.54. The van der Waals surface area contributed by atoms with Crippen LogP contribution in [0.3, 0.4) is 0 Å². The number of esters is 1. The number of hydrazone groups is 1. The summed E-state index contributed by atoms with van der Waals surface area (Å²) in [5.41, 5.74) is 3.63. The molecule has 0 radical (unpaired) electrons. The van der Waals surface area contributed by atoms with Gasteiger partial charge in [-0.3, -0.25) is 4.79 Å². The van der Waals surface area contributed by atoms with E-state index in [1.54, 1.807) is 60.7 Å². The predicted octanol–water partition coefficient (Wildman–Crippen LogP) is 3.66. The van der Waals surface area contributed by atoms with Crippen molar-refractivity contribution in [2.45, 2.75) is 0 Å². The van der Waals surface area contributed by atoms with Gasteiger partial charge in [-0.2, -0.15) is 5.10 Å². The summed E-state index contributed by atoms with van der Waals surface area (Å²) in [5.74, 6) is 0.0831. The first kappa shape index (κ1) is 17.9. The molecule has 0 aliphatic rings. The van der Waals surface area contributed by atoms with Gasteiger partial charge in [0, 0.05) is 11.6 Å².